The highest BCUT2D eigenvalue weighted by molar-refractivity contribution is 7.20. The monoisotopic (exact) mass is 500 g/mol. The van der Waals surface area contributed by atoms with Crippen molar-refractivity contribution >= 4 is 27.3 Å². The first-order chi connectivity index (χ1) is 17.6. The molecule has 1 atom stereocenters. The molecule has 5 rings (SSSR count). The van der Waals surface area contributed by atoms with Gasteiger partial charge >= 0.3 is 0 Å². The van der Waals surface area contributed by atoms with Crippen molar-refractivity contribution in [1.29, 1.82) is 0 Å². The summed E-state index contributed by atoms with van der Waals surface area (Å²) in [4.78, 5) is 18.4. The molecule has 1 aromatic heterocycles. The van der Waals surface area contributed by atoms with Gasteiger partial charge in [0.25, 0.3) is 5.91 Å². The van der Waals surface area contributed by atoms with E-state index in [0.717, 1.165) is 64.6 Å². The van der Waals surface area contributed by atoms with Crippen molar-refractivity contribution in [3.63, 3.8) is 0 Å². The van der Waals surface area contributed by atoms with Crippen LogP contribution < -0.4 is 4.74 Å². The van der Waals surface area contributed by atoms with Gasteiger partial charge in [-0.25, -0.2) is 0 Å². The number of piperazine rings is 1. The molecule has 0 bridgehead atoms. The van der Waals surface area contributed by atoms with Gasteiger partial charge in [-0.15, -0.1) is 11.3 Å². The molecule has 36 heavy (non-hydrogen) atoms. The fraction of sp³-hybridized carbons (Fsp3) is 0.300. The Labute approximate surface area is 216 Å². The van der Waals surface area contributed by atoms with Crippen LogP contribution in [-0.4, -0.2) is 55.5 Å². The molecule has 0 aliphatic carbocycles. The van der Waals surface area contributed by atoms with E-state index in [-0.39, 0.29) is 12.0 Å². The Morgan fingerprint density at radius 3 is 2.47 bits per heavy atom. The molecular formula is C30H32N2O3S. The number of nitrogens with zero attached hydrogens (tertiary/aromatic N) is 2. The third kappa shape index (κ3) is 5.78. The zero-order chi connectivity index (χ0) is 24.9. The summed E-state index contributed by atoms with van der Waals surface area (Å²) in [5.74, 6) is 0.964. The molecule has 0 N–H and O–H groups in total. The molecule has 4 aromatic rings. The molecule has 0 saturated carbocycles. The largest absolute Gasteiger partial charge is 0.497 e. The van der Waals surface area contributed by atoms with Gasteiger partial charge in [-0.1, -0.05) is 60.2 Å². The summed E-state index contributed by atoms with van der Waals surface area (Å²) >= 11 is 1.58. The van der Waals surface area contributed by atoms with Crippen molar-refractivity contribution in [2.75, 3.05) is 39.8 Å². The molecule has 0 radical (unpaired) electrons. The van der Waals surface area contributed by atoms with Gasteiger partial charge in [0.2, 0.25) is 0 Å². The molecule has 186 valence electrons. The molecule has 1 aliphatic heterocycles. The lowest BCUT2D eigenvalue weighted by molar-refractivity contribution is 0.00338. The first-order valence-corrected chi connectivity index (χ1v) is 13.2. The van der Waals surface area contributed by atoms with Gasteiger partial charge in [0.05, 0.1) is 24.7 Å². The molecular weight excluding hydrogens is 468 g/mol. The molecule has 1 amide bonds. The van der Waals surface area contributed by atoms with Crippen LogP contribution in [0.4, 0.5) is 0 Å². The average Bonchev–Trinajstić information content (AvgIpc) is 3.36. The Balaban J connectivity index is 1.23. The fourth-order valence-electron chi connectivity index (χ4n) is 4.59. The summed E-state index contributed by atoms with van der Waals surface area (Å²) in [7, 11) is 1.69. The SMILES string of the molecule is COc1cccc(C(CN2CCN(C(=O)c3cc4ccccc4s3)CC2)OCc2ccc(C)cc2)c1. The Kier molecular flexibility index (Phi) is 7.66. The number of benzene rings is 3. The number of thiophene rings is 1. The highest BCUT2D eigenvalue weighted by Gasteiger charge is 2.26. The molecule has 6 heteroatoms. The third-order valence-corrected chi connectivity index (χ3v) is 7.86. The first kappa shape index (κ1) is 24.5. The summed E-state index contributed by atoms with van der Waals surface area (Å²) in [6.07, 6.45) is -0.0914. The minimum Gasteiger partial charge on any atom is -0.497 e. The van der Waals surface area contributed by atoms with Gasteiger partial charge in [-0.05, 0) is 47.7 Å². The van der Waals surface area contributed by atoms with Gasteiger partial charge in [-0.2, -0.15) is 0 Å². The molecule has 1 fully saturated rings. The number of carbonyl (C=O) groups excluding carboxylic acids is 1. The minimum absolute atomic E-state index is 0.0914. The van der Waals surface area contributed by atoms with Crippen LogP contribution in [0.1, 0.15) is 32.5 Å². The van der Waals surface area contributed by atoms with Crippen molar-refractivity contribution in [2.24, 2.45) is 0 Å². The fourth-order valence-corrected chi connectivity index (χ4v) is 5.62. The first-order valence-electron chi connectivity index (χ1n) is 12.4. The number of rotatable bonds is 8. The Morgan fingerprint density at radius 1 is 0.944 bits per heavy atom. The number of hydrogen-bond donors (Lipinski definition) is 0. The third-order valence-electron chi connectivity index (χ3n) is 6.76. The van der Waals surface area contributed by atoms with E-state index in [1.807, 2.05) is 35.2 Å². The smallest absolute Gasteiger partial charge is 0.264 e. The van der Waals surface area contributed by atoms with Gasteiger partial charge < -0.3 is 14.4 Å². The number of ether oxygens (including phenoxy) is 2. The van der Waals surface area contributed by atoms with E-state index in [1.54, 1.807) is 18.4 Å². The number of amides is 1. The van der Waals surface area contributed by atoms with Crippen molar-refractivity contribution in [1.82, 2.24) is 9.80 Å². The normalized spacial score (nSPS) is 15.2. The lowest BCUT2D eigenvalue weighted by Gasteiger charge is -2.36. The summed E-state index contributed by atoms with van der Waals surface area (Å²) in [6, 6.07) is 26.8. The number of fused-ring (bicyclic) bond motifs is 1. The van der Waals surface area contributed by atoms with Crippen LogP contribution in [-0.2, 0) is 11.3 Å². The van der Waals surface area contributed by atoms with E-state index in [9.17, 15) is 4.79 Å². The number of methoxy groups -OCH3 is 1. The second-order valence-electron chi connectivity index (χ2n) is 9.30. The zero-order valence-corrected chi connectivity index (χ0v) is 21.7. The molecule has 0 spiro atoms. The van der Waals surface area contributed by atoms with E-state index < -0.39 is 0 Å². The Hall–Kier alpha value is -3.19. The van der Waals surface area contributed by atoms with E-state index in [1.165, 1.54) is 5.56 Å². The van der Waals surface area contributed by atoms with Crippen LogP contribution in [0.3, 0.4) is 0 Å². The topological polar surface area (TPSA) is 42.0 Å². The molecule has 1 unspecified atom stereocenters. The average molecular weight is 501 g/mol. The van der Waals surface area contributed by atoms with Crippen LogP contribution in [0.5, 0.6) is 5.75 Å². The highest BCUT2D eigenvalue weighted by Crippen LogP contribution is 2.28. The molecule has 3 aromatic carbocycles. The van der Waals surface area contributed by atoms with E-state index in [2.05, 4.69) is 60.4 Å². The predicted octanol–water partition coefficient (Wildman–Crippen LogP) is 5.93. The van der Waals surface area contributed by atoms with Gasteiger partial charge in [0.1, 0.15) is 5.75 Å². The van der Waals surface area contributed by atoms with Gasteiger partial charge in [0, 0.05) is 37.4 Å². The Morgan fingerprint density at radius 2 is 1.72 bits per heavy atom. The molecule has 2 heterocycles. The van der Waals surface area contributed by atoms with Crippen molar-refractivity contribution in [3.05, 3.63) is 100 Å². The number of aryl methyl sites for hydroxylation is 1. The quantitative estimate of drug-likeness (QED) is 0.301. The summed E-state index contributed by atoms with van der Waals surface area (Å²) in [6.45, 7) is 6.49. The molecule has 1 aliphatic rings. The van der Waals surface area contributed by atoms with Crippen molar-refractivity contribution in [3.8, 4) is 5.75 Å². The predicted molar refractivity (Wildman–Crippen MR) is 146 cm³/mol. The minimum atomic E-state index is -0.0914. The van der Waals surface area contributed by atoms with Crippen LogP contribution in [0.25, 0.3) is 10.1 Å². The molecule has 5 nitrogen and oxygen atoms in total. The summed E-state index contributed by atoms with van der Waals surface area (Å²) in [5.41, 5.74) is 3.50. The van der Waals surface area contributed by atoms with Crippen LogP contribution >= 0.6 is 11.3 Å². The summed E-state index contributed by atoms with van der Waals surface area (Å²) < 4.78 is 13.1. The van der Waals surface area contributed by atoms with E-state index in [4.69, 9.17) is 9.47 Å². The number of hydrogen-bond acceptors (Lipinski definition) is 5. The van der Waals surface area contributed by atoms with Gasteiger partial charge in [0.15, 0.2) is 0 Å². The van der Waals surface area contributed by atoms with Gasteiger partial charge in [-0.3, -0.25) is 9.69 Å². The second kappa shape index (κ2) is 11.2. The highest BCUT2D eigenvalue weighted by atomic mass is 32.1. The maximum atomic E-state index is 13.2. The lowest BCUT2D eigenvalue weighted by atomic mass is 10.1. The summed E-state index contributed by atoms with van der Waals surface area (Å²) in [5, 5.41) is 1.14. The van der Waals surface area contributed by atoms with Crippen molar-refractivity contribution < 1.29 is 14.3 Å². The Bertz CT molecular complexity index is 1280. The standard InChI is InChI=1S/C30H32N2O3S/c1-22-10-12-23(13-11-22)21-35-27(24-7-5-8-26(18-24)34-2)20-31-14-16-32(17-15-31)30(33)29-19-25-6-3-4-9-28(25)36-29/h3-13,18-19,27H,14-17,20-21H2,1-2H3. The maximum absolute atomic E-state index is 13.2. The van der Waals surface area contributed by atoms with E-state index in [0.29, 0.717) is 6.61 Å². The van der Waals surface area contributed by atoms with E-state index >= 15 is 0 Å². The maximum Gasteiger partial charge on any atom is 0.264 e. The number of carbonyl (C=O) groups is 1. The zero-order valence-electron chi connectivity index (χ0n) is 20.9. The van der Waals surface area contributed by atoms with Crippen LogP contribution in [0, 0.1) is 6.92 Å². The second-order valence-corrected chi connectivity index (χ2v) is 10.4. The lowest BCUT2D eigenvalue weighted by Crippen LogP contribution is -2.49. The van der Waals surface area contributed by atoms with Crippen LogP contribution in [0.2, 0.25) is 0 Å². The van der Waals surface area contributed by atoms with Crippen molar-refractivity contribution in [2.45, 2.75) is 19.6 Å². The molecule has 1 saturated heterocycles. The van der Waals surface area contributed by atoms with Crippen LogP contribution in [0.15, 0.2) is 78.9 Å².